The van der Waals surface area contributed by atoms with Crippen molar-refractivity contribution in [2.24, 2.45) is 0 Å². The van der Waals surface area contributed by atoms with E-state index in [0.717, 1.165) is 16.5 Å². The van der Waals surface area contributed by atoms with Gasteiger partial charge in [0.25, 0.3) is 0 Å². The predicted molar refractivity (Wildman–Crippen MR) is 95.3 cm³/mol. The number of benzene rings is 1. The average Bonchev–Trinajstić information content (AvgIpc) is 3.07. The lowest BCUT2D eigenvalue weighted by atomic mass is 10.1. The third-order valence-corrected chi connectivity index (χ3v) is 4.94. The molecule has 0 aliphatic heterocycles. The molecule has 0 saturated heterocycles. The molecule has 0 bridgehead atoms. The SMILES string of the molecule is COc1ccc(C(C)N(C)C(=O)CSc2nncn2C(C)C)cc1. The van der Waals surface area contributed by atoms with Crippen LogP contribution in [0.3, 0.4) is 0 Å². The molecule has 0 N–H and O–H groups in total. The van der Waals surface area contributed by atoms with Crippen LogP contribution in [0.5, 0.6) is 5.75 Å². The number of aromatic nitrogens is 3. The van der Waals surface area contributed by atoms with Gasteiger partial charge in [-0.15, -0.1) is 10.2 Å². The number of hydrogen-bond donors (Lipinski definition) is 0. The molecule has 0 fully saturated rings. The Balaban J connectivity index is 1.96. The summed E-state index contributed by atoms with van der Waals surface area (Å²) in [7, 11) is 3.46. The smallest absolute Gasteiger partial charge is 0.233 e. The topological polar surface area (TPSA) is 60.2 Å². The van der Waals surface area contributed by atoms with Crippen LogP contribution in [0.2, 0.25) is 0 Å². The van der Waals surface area contributed by atoms with Crippen molar-refractivity contribution in [3.63, 3.8) is 0 Å². The van der Waals surface area contributed by atoms with E-state index in [4.69, 9.17) is 4.74 Å². The Bertz CT molecular complexity index is 669. The second kappa shape index (κ2) is 8.19. The van der Waals surface area contributed by atoms with Gasteiger partial charge in [0.2, 0.25) is 5.91 Å². The van der Waals surface area contributed by atoms with Gasteiger partial charge in [-0.3, -0.25) is 4.79 Å². The van der Waals surface area contributed by atoms with Crippen molar-refractivity contribution in [2.45, 2.75) is 38.0 Å². The number of amides is 1. The van der Waals surface area contributed by atoms with Gasteiger partial charge in [-0.05, 0) is 38.5 Å². The maximum Gasteiger partial charge on any atom is 0.233 e. The number of hydrogen-bond acceptors (Lipinski definition) is 5. The summed E-state index contributed by atoms with van der Waals surface area (Å²) in [6.07, 6.45) is 1.70. The number of ether oxygens (including phenoxy) is 1. The molecule has 1 amide bonds. The predicted octanol–water partition coefficient (Wildman–Crippen LogP) is 3.18. The van der Waals surface area contributed by atoms with E-state index < -0.39 is 0 Å². The molecule has 0 radical (unpaired) electrons. The number of nitrogens with zero attached hydrogens (tertiary/aromatic N) is 4. The van der Waals surface area contributed by atoms with Crippen LogP contribution in [0.25, 0.3) is 0 Å². The molecule has 2 rings (SSSR count). The Morgan fingerprint density at radius 2 is 1.96 bits per heavy atom. The first kappa shape index (κ1) is 18.3. The molecule has 130 valence electrons. The lowest BCUT2D eigenvalue weighted by Gasteiger charge is -2.25. The molecule has 1 aromatic heterocycles. The largest absolute Gasteiger partial charge is 0.497 e. The molecule has 2 aromatic rings. The zero-order valence-electron chi connectivity index (χ0n) is 14.8. The van der Waals surface area contributed by atoms with Crippen LogP contribution >= 0.6 is 11.8 Å². The molecule has 0 aliphatic carbocycles. The first-order valence-electron chi connectivity index (χ1n) is 7.86. The molecule has 0 aliphatic rings. The van der Waals surface area contributed by atoms with Crippen molar-refractivity contribution in [1.82, 2.24) is 19.7 Å². The zero-order chi connectivity index (χ0) is 17.7. The highest BCUT2D eigenvalue weighted by Crippen LogP contribution is 2.24. The van der Waals surface area contributed by atoms with Crippen LogP contribution in [0.15, 0.2) is 35.7 Å². The van der Waals surface area contributed by atoms with Crippen molar-refractivity contribution in [1.29, 1.82) is 0 Å². The molecule has 24 heavy (non-hydrogen) atoms. The maximum atomic E-state index is 12.5. The fourth-order valence-corrected chi connectivity index (χ4v) is 3.21. The van der Waals surface area contributed by atoms with Crippen LogP contribution in [0, 0.1) is 0 Å². The van der Waals surface area contributed by atoms with Gasteiger partial charge in [-0.2, -0.15) is 0 Å². The summed E-state index contributed by atoms with van der Waals surface area (Å²) in [5.74, 6) is 1.20. The molecule has 6 nitrogen and oxygen atoms in total. The summed E-state index contributed by atoms with van der Waals surface area (Å²) in [6.45, 7) is 6.14. The van der Waals surface area contributed by atoms with Crippen LogP contribution < -0.4 is 4.74 Å². The second-order valence-electron chi connectivity index (χ2n) is 5.86. The quantitative estimate of drug-likeness (QED) is 0.719. The van der Waals surface area contributed by atoms with Crippen molar-refractivity contribution < 1.29 is 9.53 Å². The minimum atomic E-state index is -0.00743. The molecule has 1 atom stereocenters. The van der Waals surface area contributed by atoms with Gasteiger partial charge in [-0.1, -0.05) is 23.9 Å². The Morgan fingerprint density at radius 3 is 2.54 bits per heavy atom. The van der Waals surface area contributed by atoms with Gasteiger partial charge in [0.05, 0.1) is 18.9 Å². The Labute approximate surface area is 147 Å². The molecule has 7 heteroatoms. The molecule has 0 spiro atoms. The Kier molecular flexibility index (Phi) is 6.25. The standard InChI is InChI=1S/C17H24N4O2S/c1-12(2)21-11-18-19-17(21)24-10-16(22)20(4)13(3)14-6-8-15(23-5)9-7-14/h6-9,11-13H,10H2,1-5H3. The fraction of sp³-hybridized carbons (Fsp3) is 0.471. The van der Waals surface area contributed by atoms with Crippen molar-refractivity contribution >= 4 is 17.7 Å². The van der Waals surface area contributed by atoms with E-state index in [-0.39, 0.29) is 18.0 Å². The van der Waals surface area contributed by atoms with Crippen molar-refractivity contribution in [2.75, 3.05) is 19.9 Å². The van der Waals surface area contributed by atoms with Crippen molar-refractivity contribution in [3.8, 4) is 5.75 Å². The number of rotatable bonds is 7. The highest BCUT2D eigenvalue weighted by atomic mass is 32.2. The molecular weight excluding hydrogens is 324 g/mol. The van der Waals surface area contributed by atoms with Gasteiger partial charge >= 0.3 is 0 Å². The highest BCUT2D eigenvalue weighted by molar-refractivity contribution is 7.99. The first-order chi connectivity index (χ1) is 11.4. The van der Waals surface area contributed by atoms with Gasteiger partial charge in [0.15, 0.2) is 5.16 Å². The third-order valence-electron chi connectivity index (χ3n) is 3.99. The van der Waals surface area contributed by atoms with E-state index in [0.29, 0.717) is 5.75 Å². The number of carbonyl (C=O) groups is 1. The maximum absolute atomic E-state index is 12.5. The van der Waals surface area contributed by atoms with E-state index in [1.165, 1.54) is 11.8 Å². The van der Waals surface area contributed by atoms with Gasteiger partial charge in [0, 0.05) is 13.1 Å². The molecule has 0 saturated carbocycles. The Hall–Kier alpha value is -2.02. The molecule has 1 heterocycles. The summed E-state index contributed by atoms with van der Waals surface area (Å²) < 4.78 is 7.13. The molecular formula is C17H24N4O2S. The highest BCUT2D eigenvalue weighted by Gasteiger charge is 2.19. The van der Waals surface area contributed by atoms with Crippen LogP contribution in [0.1, 0.15) is 38.4 Å². The van der Waals surface area contributed by atoms with Gasteiger partial charge < -0.3 is 14.2 Å². The van der Waals surface area contributed by atoms with E-state index in [1.807, 2.05) is 42.8 Å². The van der Waals surface area contributed by atoms with Crippen molar-refractivity contribution in [3.05, 3.63) is 36.2 Å². The third kappa shape index (κ3) is 4.29. The second-order valence-corrected chi connectivity index (χ2v) is 6.80. The van der Waals surface area contributed by atoms with Crippen LogP contribution in [-0.2, 0) is 4.79 Å². The first-order valence-corrected chi connectivity index (χ1v) is 8.84. The minimum absolute atomic E-state index is 0.00743. The monoisotopic (exact) mass is 348 g/mol. The fourth-order valence-electron chi connectivity index (χ4n) is 2.24. The summed E-state index contributed by atoms with van der Waals surface area (Å²) in [4.78, 5) is 14.2. The molecule has 1 aromatic carbocycles. The zero-order valence-corrected chi connectivity index (χ0v) is 15.6. The van der Waals surface area contributed by atoms with E-state index in [9.17, 15) is 4.79 Å². The number of carbonyl (C=O) groups excluding carboxylic acids is 1. The summed E-state index contributed by atoms with van der Waals surface area (Å²) in [6, 6.07) is 8.04. The minimum Gasteiger partial charge on any atom is -0.497 e. The summed E-state index contributed by atoms with van der Waals surface area (Å²) in [5, 5.41) is 8.77. The normalized spacial score (nSPS) is 12.2. The number of methoxy groups -OCH3 is 1. The van der Waals surface area contributed by atoms with E-state index in [1.54, 1.807) is 18.3 Å². The molecule has 1 unspecified atom stereocenters. The van der Waals surface area contributed by atoms with Crippen LogP contribution in [-0.4, -0.2) is 45.5 Å². The van der Waals surface area contributed by atoms with Gasteiger partial charge in [-0.25, -0.2) is 0 Å². The van der Waals surface area contributed by atoms with Gasteiger partial charge in [0.1, 0.15) is 12.1 Å². The summed E-state index contributed by atoms with van der Waals surface area (Å²) in [5.41, 5.74) is 1.07. The Morgan fingerprint density at radius 1 is 1.29 bits per heavy atom. The van der Waals surface area contributed by atoms with E-state index in [2.05, 4.69) is 24.0 Å². The summed E-state index contributed by atoms with van der Waals surface area (Å²) >= 11 is 1.42. The van der Waals surface area contributed by atoms with E-state index >= 15 is 0 Å². The average molecular weight is 348 g/mol. The number of thioether (sulfide) groups is 1. The van der Waals surface area contributed by atoms with Crippen LogP contribution in [0.4, 0.5) is 0 Å². The lowest BCUT2D eigenvalue weighted by Crippen LogP contribution is -2.31. The lowest BCUT2D eigenvalue weighted by molar-refractivity contribution is -0.128.